The monoisotopic (exact) mass is 334 g/mol. The van der Waals surface area contributed by atoms with Crippen LogP contribution in [0.3, 0.4) is 0 Å². The molecule has 0 saturated carbocycles. The molecule has 0 radical (unpaired) electrons. The first-order chi connectivity index (χ1) is 9.99. The lowest BCUT2D eigenvalue weighted by Gasteiger charge is -2.08. The number of carboxylic acid groups (broad SMARTS) is 1. The molecule has 21 heavy (non-hydrogen) atoms. The third kappa shape index (κ3) is 7.75. The van der Waals surface area contributed by atoms with Crippen LogP contribution in [0.1, 0.15) is 5.56 Å². The zero-order valence-corrected chi connectivity index (χ0v) is 12.7. The van der Waals surface area contributed by atoms with E-state index in [1.165, 1.54) is 0 Å². The highest BCUT2D eigenvalue weighted by molar-refractivity contribution is 6.35. The number of aliphatic carboxylic acids is 1. The van der Waals surface area contributed by atoms with Crippen LogP contribution in [0.25, 0.3) is 0 Å². The molecule has 1 aromatic carbocycles. The summed E-state index contributed by atoms with van der Waals surface area (Å²) in [6.45, 7) is 0.422. The molecule has 0 aliphatic carbocycles. The van der Waals surface area contributed by atoms with Crippen LogP contribution < -0.4 is 10.6 Å². The Hall–Kier alpha value is -1.50. The first-order valence-corrected chi connectivity index (χ1v) is 7.00. The van der Waals surface area contributed by atoms with E-state index in [0.29, 0.717) is 23.0 Å². The molecule has 1 aromatic rings. The maximum absolute atomic E-state index is 11.4. The van der Waals surface area contributed by atoms with Crippen LogP contribution in [0.5, 0.6) is 0 Å². The van der Waals surface area contributed by atoms with Gasteiger partial charge in [0.25, 0.3) is 0 Å². The lowest BCUT2D eigenvalue weighted by molar-refractivity contribution is -0.142. The summed E-state index contributed by atoms with van der Waals surface area (Å²) in [6.07, 6.45) is 0.582. The van der Waals surface area contributed by atoms with Crippen molar-refractivity contribution in [2.45, 2.75) is 6.42 Å². The van der Waals surface area contributed by atoms with Gasteiger partial charge >= 0.3 is 12.0 Å². The number of carbonyl (C=O) groups is 2. The maximum atomic E-state index is 11.4. The molecule has 8 heteroatoms. The Bertz CT molecular complexity index is 497. The average Bonchev–Trinajstić information content (AvgIpc) is 2.40. The van der Waals surface area contributed by atoms with Crippen molar-refractivity contribution in [1.82, 2.24) is 10.6 Å². The zero-order valence-electron chi connectivity index (χ0n) is 11.2. The minimum atomic E-state index is -1.04. The highest BCUT2D eigenvalue weighted by Crippen LogP contribution is 2.20. The highest BCUT2D eigenvalue weighted by atomic mass is 35.5. The van der Waals surface area contributed by atoms with Gasteiger partial charge in [0.2, 0.25) is 0 Å². The number of benzene rings is 1. The number of ether oxygens (including phenoxy) is 1. The molecule has 0 heterocycles. The number of amides is 2. The van der Waals surface area contributed by atoms with Gasteiger partial charge in [0.15, 0.2) is 0 Å². The third-order valence-electron chi connectivity index (χ3n) is 2.45. The van der Waals surface area contributed by atoms with Crippen molar-refractivity contribution in [1.29, 1.82) is 0 Å². The van der Waals surface area contributed by atoms with E-state index in [1.54, 1.807) is 12.1 Å². The second-order valence-corrected chi connectivity index (χ2v) is 4.96. The number of carbonyl (C=O) groups excluding carboxylic acids is 1. The molecule has 0 saturated heterocycles. The van der Waals surface area contributed by atoms with Crippen molar-refractivity contribution < 1.29 is 19.4 Å². The van der Waals surface area contributed by atoms with E-state index in [2.05, 4.69) is 10.6 Å². The van der Waals surface area contributed by atoms with E-state index >= 15 is 0 Å². The summed E-state index contributed by atoms with van der Waals surface area (Å²) in [4.78, 5) is 21.6. The Morgan fingerprint density at radius 1 is 1.19 bits per heavy atom. The summed E-state index contributed by atoms with van der Waals surface area (Å²) in [7, 11) is 0. The van der Waals surface area contributed by atoms with Gasteiger partial charge in [-0.25, -0.2) is 9.59 Å². The minimum absolute atomic E-state index is 0.142. The van der Waals surface area contributed by atoms with Crippen molar-refractivity contribution in [3.05, 3.63) is 33.8 Å². The Balaban J connectivity index is 2.14. The number of halogens is 2. The van der Waals surface area contributed by atoms with E-state index in [1.807, 2.05) is 6.07 Å². The number of hydrogen-bond donors (Lipinski definition) is 3. The summed E-state index contributed by atoms with van der Waals surface area (Å²) in [5, 5.41) is 14.7. The zero-order chi connectivity index (χ0) is 15.7. The van der Waals surface area contributed by atoms with Gasteiger partial charge in [-0.2, -0.15) is 0 Å². The standard InChI is InChI=1S/C13H16Cl2N2O4/c14-10-2-1-9(11(15)7-10)3-4-16-13(20)17-5-6-21-8-12(18)19/h1-2,7H,3-6,8H2,(H,18,19)(H2,16,17,20). The molecule has 1 rings (SSSR count). The number of carboxylic acids is 1. The van der Waals surface area contributed by atoms with Crippen molar-refractivity contribution in [2.24, 2.45) is 0 Å². The molecule has 0 atom stereocenters. The number of hydrogen-bond acceptors (Lipinski definition) is 3. The van der Waals surface area contributed by atoms with Crippen molar-refractivity contribution >= 4 is 35.2 Å². The molecule has 0 spiro atoms. The minimum Gasteiger partial charge on any atom is -0.480 e. The van der Waals surface area contributed by atoms with E-state index in [4.69, 9.17) is 33.0 Å². The predicted octanol–water partition coefficient (Wildman–Crippen LogP) is 1.94. The summed E-state index contributed by atoms with van der Waals surface area (Å²) in [5.74, 6) is -1.04. The van der Waals surface area contributed by atoms with Gasteiger partial charge in [0.1, 0.15) is 6.61 Å². The molecule has 0 fully saturated rings. The smallest absolute Gasteiger partial charge is 0.329 e. The molecule has 0 unspecified atom stereocenters. The van der Waals surface area contributed by atoms with Gasteiger partial charge in [0, 0.05) is 23.1 Å². The normalized spacial score (nSPS) is 10.2. The van der Waals surface area contributed by atoms with E-state index < -0.39 is 5.97 Å². The second-order valence-electron chi connectivity index (χ2n) is 4.11. The molecule has 0 aromatic heterocycles. The van der Waals surface area contributed by atoms with E-state index in [-0.39, 0.29) is 25.8 Å². The van der Waals surface area contributed by atoms with Crippen LogP contribution >= 0.6 is 23.2 Å². The van der Waals surface area contributed by atoms with Crippen LogP contribution in [-0.4, -0.2) is 43.4 Å². The largest absolute Gasteiger partial charge is 0.480 e. The SMILES string of the molecule is O=C(O)COCCNC(=O)NCCc1ccc(Cl)cc1Cl. The molecule has 116 valence electrons. The average molecular weight is 335 g/mol. The lowest BCUT2D eigenvalue weighted by atomic mass is 10.1. The number of nitrogens with one attached hydrogen (secondary N) is 2. The van der Waals surface area contributed by atoms with Crippen molar-refractivity contribution in [3.8, 4) is 0 Å². The van der Waals surface area contributed by atoms with Gasteiger partial charge in [0.05, 0.1) is 6.61 Å². The lowest BCUT2D eigenvalue weighted by Crippen LogP contribution is -2.38. The molecular formula is C13H16Cl2N2O4. The number of urea groups is 1. The van der Waals surface area contributed by atoms with Crippen LogP contribution in [-0.2, 0) is 16.0 Å². The van der Waals surface area contributed by atoms with Crippen LogP contribution in [0.4, 0.5) is 4.79 Å². The molecule has 6 nitrogen and oxygen atoms in total. The molecule has 0 aliphatic heterocycles. The molecular weight excluding hydrogens is 319 g/mol. The topological polar surface area (TPSA) is 87.7 Å². The van der Waals surface area contributed by atoms with E-state index in [9.17, 15) is 9.59 Å². The van der Waals surface area contributed by atoms with Gasteiger partial charge in [-0.3, -0.25) is 0 Å². The van der Waals surface area contributed by atoms with E-state index in [0.717, 1.165) is 5.56 Å². The Kier molecular flexibility index (Phi) is 7.89. The van der Waals surface area contributed by atoms with Crippen molar-refractivity contribution in [2.75, 3.05) is 26.3 Å². The molecule has 2 amide bonds. The molecule has 0 aliphatic rings. The van der Waals surface area contributed by atoms with Crippen LogP contribution in [0, 0.1) is 0 Å². The first-order valence-electron chi connectivity index (χ1n) is 6.24. The van der Waals surface area contributed by atoms with Gasteiger partial charge < -0.3 is 20.5 Å². The predicted molar refractivity (Wildman–Crippen MR) is 80.0 cm³/mol. The maximum Gasteiger partial charge on any atom is 0.329 e. The Morgan fingerprint density at radius 3 is 2.57 bits per heavy atom. The summed E-state index contributed by atoms with van der Waals surface area (Å²) in [5.41, 5.74) is 0.895. The van der Waals surface area contributed by atoms with Crippen LogP contribution in [0.15, 0.2) is 18.2 Å². The van der Waals surface area contributed by atoms with Gasteiger partial charge in [-0.15, -0.1) is 0 Å². The molecule has 3 N–H and O–H groups in total. The first kappa shape index (κ1) is 17.6. The highest BCUT2D eigenvalue weighted by Gasteiger charge is 2.03. The Labute approximate surface area is 132 Å². The Morgan fingerprint density at radius 2 is 1.90 bits per heavy atom. The fourth-order valence-electron chi connectivity index (χ4n) is 1.49. The summed E-state index contributed by atoms with van der Waals surface area (Å²) < 4.78 is 4.77. The molecule has 0 bridgehead atoms. The summed E-state index contributed by atoms with van der Waals surface area (Å²) in [6, 6.07) is 4.85. The third-order valence-corrected chi connectivity index (χ3v) is 3.04. The fourth-order valence-corrected chi connectivity index (χ4v) is 2.00. The van der Waals surface area contributed by atoms with Crippen molar-refractivity contribution in [3.63, 3.8) is 0 Å². The van der Waals surface area contributed by atoms with Crippen LogP contribution in [0.2, 0.25) is 10.0 Å². The van der Waals surface area contributed by atoms with Gasteiger partial charge in [-0.1, -0.05) is 29.3 Å². The number of rotatable bonds is 8. The fraction of sp³-hybridized carbons (Fsp3) is 0.385. The van der Waals surface area contributed by atoms with Gasteiger partial charge in [-0.05, 0) is 24.1 Å². The summed E-state index contributed by atoms with van der Waals surface area (Å²) >= 11 is 11.8. The second kappa shape index (κ2) is 9.44. The quantitative estimate of drug-likeness (QED) is 0.634.